The van der Waals surface area contributed by atoms with Gasteiger partial charge in [0.2, 0.25) is 5.91 Å². The molecule has 1 aliphatic heterocycles. The van der Waals surface area contributed by atoms with Gasteiger partial charge in [-0.05, 0) is 38.1 Å². The van der Waals surface area contributed by atoms with Crippen molar-refractivity contribution >= 4 is 11.6 Å². The molecule has 4 nitrogen and oxygen atoms in total. The highest BCUT2D eigenvalue weighted by Gasteiger charge is 2.25. The van der Waals surface area contributed by atoms with E-state index in [0.29, 0.717) is 12.5 Å². The number of aromatic nitrogens is 1. The molecular weight excluding hydrogens is 214 g/mol. The minimum atomic E-state index is 0.197. The molecule has 1 aromatic rings. The van der Waals surface area contributed by atoms with Crippen LogP contribution in [0, 0.1) is 0 Å². The number of nitrogens with one attached hydrogen (secondary N) is 1. The molecule has 1 fully saturated rings. The SMILES string of the molecule is CCC(=O)N(c1ccncc1)C1CCNCC1. The molecule has 17 heavy (non-hydrogen) atoms. The van der Waals surface area contributed by atoms with Gasteiger partial charge in [0.05, 0.1) is 0 Å². The summed E-state index contributed by atoms with van der Waals surface area (Å²) in [5.74, 6) is 0.197. The molecule has 0 radical (unpaired) electrons. The summed E-state index contributed by atoms with van der Waals surface area (Å²) in [6.45, 7) is 3.89. The van der Waals surface area contributed by atoms with Gasteiger partial charge in [0, 0.05) is 30.5 Å². The highest BCUT2D eigenvalue weighted by Crippen LogP contribution is 2.21. The third-order valence-corrected chi connectivity index (χ3v) is 3.19. The van der Waals surface area contributed by atoms with Gasteiger partial charge in [-0.1, -0.05) is 6.92 Å². The third-order valence-electron chi connectivity index (χ3n) is 3.19. The van der Waals surface area contributed by atoms with Crippen LogP contribution >= 0.6 is 0 Å². The molecule has 0 bridgehead atoms. The molecule has 1 aromatic heterocycles. The Morgan fingerprint density at radius 1 is 1.41 bits per heavy atom. The Hall–Kier alpha value is -1.42. The van der Waals surface area contributed by atoms with Crippen molar-refractivity contribution in [2.45, 2.75) is 32.2 Å². The van der Waals surface area contributed by atoms with Crippen molar-refractivity contribution in [2.75, 3.05) is 18.0 Å². The number of amides is 1. The van der Waals surface area contributed by atoms with Gasteiger partial charge in [0.15, 0.2) is 0 Å². The number of carbonyl (C=O) groups excluding carboxylic acids is 1. The summed E-state index contributed by atoms with van der Waals surface area (Å²) in [6.07, 6.45) is 6.08. The van der Waals surface area contributed by atoms with E-state index in [1.54, 1.807) is 12.4 Å². The molecule has 2 heterocycles. The monoisotopic (exact) mass is 233 g/mol. The number of anilines is 1. The molecule has 2 rings (SSSR count). The van der Waals surface area contributed by atoms with E-state index in [1.807, 2.05) is 24.0 Å². The van der Waals surface area contributed by atoms with Crippen LogP contribution in [0.25, 0.3) is 0 Å². The van der Waals surface area contributed by atoms with Gasteiger partial charge in [-0.25, -0.2) is 0 Å². The summed E-state index contributed by atoms with van der Waals surface area (Å²) in [7, 11) is 0. The van der Waals surface area contributed by atoms with Crippen molar-refractivity contribution in [1.29, 1.82) is 0 Å². The van der Waals surface area contributed by atoms with Crippen LogP contribution < -0.4 is 10.2 Å². The van der Waals surface area contributed by atoms with Crippen LogP contribution in [0.4, 0.5) is 5.69 Å². The van der Waals surface area contributed by atoms with Gasteiger partial charge >= 0.3 is 0 Å². The molecular formula is C13H19N3O. The zero-order chi connectivity index (χ0) is 12.1. The largest absolute Gasteiger partial charge is 0.317 e. The molecule has 0 spiro atoms. The number of hydrogen-bond acceptors (Lipinski definition) is 3. The topological polar surface area (TPSA) is 45.2 Å². The van der Waals surface area contributed by atoms with Gasteiger partial charge in [0.25, 0.3) is 0 Å². The highest BCUT2D eigenvalue weighted by molar-refractivity contribution is 5.93. The maximum atomic E-state index is 12.1. The van der Waals surface area contributed by atoms with E-state index in [2.05, 4.69) is 10.3 Å². The third kappa shape index (κ3) is 2.82. The van der Waals surface area contributed by atoms with Crippen molar-refractivity contribution in [3.05, 3.63) is 24.5 Å². The van der Waals surface area contributed by atoms with Crippen molar-refractivity contribution < 1.29 is 4.79 Å². The molecule has 0 saturated carbocycles. The lowest BCUT2D eigenvalue weighted by atomic mass is 10.0. The summed E-state index contributed by atoms with van der Waals surface area (Å²) < 4.78 is 0. The fourth-order valence-electron chi connectivity index (χ4n) is 2.30. The lowest BCUT2D eigenvalue weighted by Crippen LogP contribution is -2.46. The lowest BCUT2D eigenvalue weighted by molar-refractivity contribution is -0.118. The van der Waals surface area contributed by atoms with Crippen molar-refractivity contribution in [2.24, 2.45) is 0 Å². The lowest BCUT2D eigenvalue weighted by Gasteiger charge is -2.34. The molecule has 1 saturated heterocycles. The summed E-state index contributed by atoms with van der Waals surface area (Å²) in [5, 5.41) is 3.33. The van der Waals surface area contributed by atoms with Crippen LogP contribution in [-0.4, -0.2) is 30.0 Å². The van der Waals surface area contributed by atoms with E-state index < -0.39 is 0 Å². The molecule has 0 atom stereocenters. The summed E-state index contributed by atoms with van der Waals surface area (Å²) in [4.78, 5) is 18.1. The fraction of sp³-hybridized carbons (Fsp3) is 0.538. The van der Waals surface area contributed by atoms with Gasteiger partial charge in [-0.3, -0.25) is 9.78 Å². The number of rotatable bonds is 3. The van der Waals surface area contributed by atoms with E-state index in [9.17, 15) is 4.79 Å². The zero-order valence-electron chi connectivity index (χ0n) is 10.2. The first-order valence-electron chi connectivity index (χ1n) is 6.25. The predicted octanol–water partition coefficient (Wildman–Crippen LogP) is 1.58. The molecule has 0 aliphatic carbocycles. The second-order valence-corrected chi connectivity index (χ2v) is 4.30. The second-order valence-electron chi connectivity index (χ2n) is 4.30. The molecule has 92 valence electrons. The molecule has 1 N–H and O–H groups in total. The normalized spacial score (nSPS) is 16.8. The summed E-state index contributed by atoms with van der Waals surface area (Å²) in [6, 6.07) is 4.15. The van der Waals surface area contributed by atoms with Gasteiger partial charge < -0.3 is 10.2 Å². The molecule has 1 aliphatic rings. The zero-order valence-corrected chi connectivity index (χ0v) is 10.2. The van der Waals surface area contributed by atoms with E-state index in [-0.39, 0.29) is 5.91 Å². The molecule has 1 amide bonds. The minimum Gasteiger partial charge on any atom is -0.317 e. The van der Waals surface area contributed by atoms with Crippen LogP contribution in [0.2, 0.25) is 0 Å². The van der Waals surface area contributed by atoms with E-state index >= 15 is 0 Å². The van der Waals surface area contributed by atoms with Crippen LogP contribution in [-0.2, 0) is 4.79 Å². The number of nitrogens with zero attached hydrogens (tertiary/aromatic N) is 2. The van der Waals surface area contributed by atoms with Gasteiger partial charge in [-0.15, -0.1) is 0 Å². The quantitative estimate of drug-likeness (QED) is 0.862. The number of piperidine rings is 1. The number of pyridine rings is 1. The van der Waals surface area contributed by atoms with Crippen LogP contribution in [0.15, 0.2) is 24.5 Å². The van der Waals surface area contributed by atoms with E-state index in [4.69, 9.17) is 0 Å². The average molecular weight is 233 g/mol. The van der Waals surface area contributed by atoms with Crippen molar-refractivity contribution in [3.8, 4) is 0 Å². The fourth-order valence-corrected chi connectivity index (χ4v) is 2.30. The smallest absolute Gasteiger partial charge is 0.226 e. The van der Waals surface area contributed by atoms with Crippen LogP contribution in [0.3, 0.4) is 0 Å². The average Bonchev–Trinajstić information content (AvgIpc) is 2.41. The minimum absolute atomic E-state index is 0.197. The Morgan fingerprint density at radius 3 is 2.65 bits per heavy atom. The molecule has 0 aromatic carbocycles. The Balaban J connectivity index is 2.21. The Morgan fingerprint density at radius 2 is 2.06 bits per heavy atom. The maximum Gasteiger partial charge on any atom is 0.226 e. The predicted molar refractivity (Wildman–Crippen MR) is 67.9 cm³/mol. The van der Waals surface area contributed by atoms with Gasteiger partial charge in [0.1, 0.15) is 0 Å². The Kier molecular flexibility index (Phi) is 4.09. The molecule has 0 unspecified atom stereocenters. The standard InChI is InChI=1S/C13H19N3O/c1-2-13(17)16(11-3-7-14-8-4-11)12-5-9-15-10-6-12/h3-4,7-8,12,15H,2,5-6,9-10H2,1H3. The van der Waals surface area contributed by atoms with Gasteiger partial charge in [-0.2, -0.15) is 0 Å². The summed E-state index contributed by atoms with van der Waals surface area (Å²) >= 11 is 0. The first-order valence-corrected chi connectivity index (χ1v) is 6.25. The molecule has 4 heteroatoms. The van der Waals surface area contributed by atoms with E-state index in [1.165, 1.54) is 0 Å². The maximum absolute atomic E-state index is 12.1. The first-order chi connectivity index (χ1) is 8.33. The number of hydrogen-bond donors (Lipinski definition) is 1. The second kappa shape index (κ2) is 5.77. The highest BCUT2D eigenvalue weighted by atomic mass is 16.2. The van der Waals surface area contributed by atoms with E-state index in [0.717, 1.165) is 31.6 Å². The Labute approximate surface area is 102 Å². The van der Waals surface area contributed by atoms with Crippen LogP contribution in [0.5, 0.6) is 0 Å². The number of carbonyl (C=O) groups is 1. The Bertz CT molecular complexity index is 360. The van der Waals surface area contributed by atoms with Crippen molar-refractivity contribution in [1.82, 2.24) is 10.3 Å². The van der Waals surface area contributed by atoms with Crippen LogP contribution in [0.1, 0.15) is 26.2 Å². The first kappa shape index (κ1) is 12.0. The summed E-state index contributed by atoms with van der Waals surface area (Å²) in [5.41, 5.74) is 0.971. The van der Waals surface area contributed by atoms with Crippen molar-refractivity contribution in [3.63, 3.8) is 0 Å².